The molecule has 2 aliphatic carbocycles. The molecule has 2 rings (SSSR count). The number of methoxy groups -OCH3 is 1. The number of ether oxygens (including phenoxy) is 3. The van der Waals surface area contributed by atoms with E-state index in [1.807, 2.05) is 7.11 Å². The van der Waals surface area contributed by atoms with Gasteiger partial charge in [0.25, 0.3) is 0 Å². The molecule has 0 saturated heterocycles. The van der Waals surface area contributed by atoms with Crippen LogP contribution in [0.5, 0.6) is 0 Å². The van der Waals surface area contributed by atoms with Gasteiger partial charge in [0.2, 0.25) is 0 Å². The van der Waals surface area contributed by atoms with Crippen molar-refractivity contribution in [2.75, 3.05) is 13.7 Å². The van der Waals surface area contributed by atoms with E-state index in [1.165, 1.54) is 19.3 Å². The molecule has 2 fully saturated rings. The maximum atomic E-state index is 6.10. The Hall–Kier alpha value is -0.120. The van der Waals surface area contributed by atoms with E-state index >= 15 is 0 Å². The van der Waals surface area contributed by atoms with Crippen molar-refractivity contribution in [1.29, 1.82) is 0 Å². The molecule has 0 spiro atoms. The van der Waals surface area contributed by atoms with Crippen molar-refractivity contribution in [3.63, 3.8) is 0 Å². The Labute approximate surface area is 130 Å². The second kappa shape index (κ2) is 8.50. The normalized spacial score (nSPS) is 34.7. The van der Waals surface area contributed by atoms with Crippen molar-refractivity contribution in [2.24, 2.45) is 11.8 Å². The van der Waals surface area contributed by atoms with E-state index in [0.717, 1.165) is 44.1 Å². The van der Waals surface area contributed by atoms with Gasteiger partial charge in [-0.2, -0.15) is 0 Å². The Morgan fingerprint density at radius 3 is 2.10 bits per heavy atom. The molecule has 0 aromatic rings. The minimum atomic E-state index is 0.351. The first-order valence-corrected chi connectivity index (χ1v) is 8.90. The Balaban J connectivity index is 1.55. The van der Waals surface area contributed by atoms with Gasteiger partial charge in [-0.05, 0) is 70.6 Å². The van der Waals surface area contributed by atoms with Crippen LogP contribution < -0.4 is 0 Å². The first-order valence-electron chi connectivity index (χ1n) is 8.90. The summed E-state index contributed by atoms with van der Waals surface area (Å²) < 4.78 is 17.5. The molecular formula is C18H34O3. The van der Waals surface area contributed by atoms with E-state index in [1.54, 1.807) is 0 Å². The molecule has 3 nitrogen and oxygen atoms in total. The van der Waals surface area contributed by atoms with Gasteiger partial charge >= 0.3 is 0 Å². The van der Waals surface area contributed by atoms with Gasteiger partial charge in [-0.1, -0.05) is 6.92 Å². The van der Waals surface area contributed by atoms with Gasteiger partial charge in [0.05, 0.1) is 24.4 Å². The summed E-state index contributed by atoms with van der Waals surface area (Å²) in [5.41, 5.74) is 0. The standard InChI is InChI=1S/C18H34O3/c1-13(2)21-16-7-5-15(6-8-16)20-12-11-14(3)17-9-10-18(17)19-4/h13-18H,5-12H2,1-4H3/t14?,15-,16-,17?,18?. The fourth-order valence-electron chi connectivity index (χ4n) is 3.79. The summed E-state index contributed by atoms with van der Waals surface area (Å²) >= 11 is 0. The van der Waals surface area contributed by atoms with E-state index in [0.29, 0.717) is 24.4 Å². The van der Waals surface area contributed by atoms with Crippen LogP contribution in [-0.2, 0) is 14.2 Å². The highest BCUT2D eigenvalue weighted by Crippen LogP contribution is 2.37. The fourth-order valence-corrected chi connectivity index (χ4v) is 3.79. The van der Waals surface area contributed by atoms with Crippen LogP contribution >= 0.6 is 0 Å². The zero-order valence-corrected chi connectivity index (χ0v) is 14.3. The van der Waals surface area contributed by atoms with Crippen LogP contribution in [0.4, 0.5) is 0 Å². The van der Waals surface area contributed by atoms with Gasteiger partial charge in [0.1, 0.15) is 0 Å². The molecular weight excluding hydrogens is 264 g/mol. The van der Waals surface area contributed by atoms with E-state index in [-0.39, 0.29) is 0 Å². The molecule has 0 bridgehead atoms. The third-order valence-electron chi connectivity index (χ3n) is 5.31. The van der Waals surface area contributed by atoms with Gasteiger partial charge in [-0.25, -0.2) is 0 Å². The molecule has 0 aromatic heterocycles. The summed E-state index contributed by atoms with van der Waals surface area (Å²) in [6, 6.07) is 0. The second-order valence-electron chi connectivity index (χ2n) is 7.24. The van der Waals surface area contributed by atoms with E-state index in [2.05, 4.69) is 20.8 Å². The fraction of sp³-hybridized carbons (Fsp3) is 1.00. The number of hydrogen-bond donors (Lipinski definition) is 0. The van der Waals surface area contributed by atoms with Gasteiger partial charge in [0, 0.05) is 13.7 Å². The van der Waals surface area contributed by atoms with Crippen molar-refractivity contribution in [1.82, 2.24) is 0 Å². The maximum absolute atomic E-state index is 6.10. The van der Waals surface area contributed by atoms with Crippen molar-refractivity contribution < 1.29 is 14.2 Å². The predicted octanol–water partition coefficient (Wildman–Crippen LogP) is 4.19. The van der Waals surface area contributed by atoms with Crippen LogP contribution in [0.1, 0.15) is 65.7 Å². The van der Waals surface area contributed by atoms with E-state index in [9.17, 15) is 0 Å². The zero-order valence-electron chi connectivity index (χ0n) is 14.3. The topological polar surface area (TPSA) is 27.7 Å². The predicted molar refractivity (Wildman–Crippen MR) is 85.5 cm³/mol. The minimum Gasteiger partial charge on any atom is -0.381 e. The molecule has 124 valence electrons. The monoisotopic (exact) mass is 298 g/mol. The highest BCUT2D eigenvalue weighted by molar-refractivity contribution is 4.85. The summed E-state index contributed by atoms with van der Waals surface area (Å²) in [5.74, 6) is 1.48. The van der Waals surface area contributed by atoms with Crippen LogP contribution in [0.2, 0.25) is 0 Å². The average molecular weight is 298 g/mol. The first-order chi connectivity index (χ1) is 10.1. The van der Waals surface area contributed by atoms with Gasteiger partial charge in [0.15, 0.2) is 0 Å². The Morgan fingerprint density at radius 2 is 1.57 bits per heavy atom. The Kier molecular flexibility index (Phi) is 6.97. The minimum absolute atomic E-state index is 0.351. The molecule has 2 saturated carbocycles. The molecule has 2 aliphatic rings. The summed E-state index contributed by atoms with van der Waals surface area (Å²) in [7, 11) is 1.84. The molecule has 0 radical (unpaired) electrons. The molecule has 0 aliphatic heterocycles. The lowest BCUT2D eigenvalue weighted by Crippen LogP contribution is -2.38. The molecule has 3 atom stereocenters. The Morgan fingerprint density at radius 1 is 0.905 bits per heavy atom. The lowest BCUT2D eigenvalue weighted by Gasteiger charge is -2.39. The van der Waals surface area contributed by atoms with Gasteiger partial charge in [-0.3, -0.25) is 0 Å². The third-order valence-corrected chi connectivity index (χ3v) is 5.31. The quantitative estimate of drug-likeness (QED) is 0.672. The number of rotatable bonds is 8. The zero-order chi connectivity index (χ0) is 15.2. The number of hydrogen-bond acceptors (Lipinski definition) is 3. The van der Waals surface area contributed by atoms with Crippen LogP contribution in [-0.4, -0.2) is 38.1 Å². The smallest absolute Gasteiger partial charge is 0.0602 e. The van der Waals surface area contributed by atoms with Crippen molar-refractivity contribution in [3.05, 3.63) is 0 Å². The van der Waals surface area contributed by atoms with Crippen LogP contribution in [0.15, 0.2) is 0 Å². The lowest BCUT2D eigenvalue weighted by molar-refractivity contribution is -0.0642. The van der Waals surface area contributed by atoms with Gasteiger partial charge in [-0.15, -0.1) is 0 Å². The van der Waals surface area contributed by atoms with Crippen LogP contribution in [0.3, 0.4) is 0 Å². The summed E-state index contributed by atoms with van der Waals surface area (Å²) in [6.07, 6.45) is 10.2. The molecule has 3 heteroatoms. The summed E-state index contributed by atoms with van der Waals surface area (Å²) in [4.78, 5) is 0. The van der Waals surface area contributed by atoms with Crippen molar-refractivity contribution in [2.45, 2.75) is 90.1 Å². The maximum Gasteiger partial charge on any atom is 0.0602 e. The highest BCUT2D eigenvalue weighted by Gasteiger charge is 2.34. The summed E-state index contributed by atoms with van der Waals surface area (Å²) in [5, 5.41) is 0. The van der Waals surface area contributed by atoms with Crippen molar-refractivity contribution >= 4 is 0 Å². The molecule has 21 heavy (non-hydrogen) atoms. The Bertz CT molecular complexity index is 282. The molecule has 0 N–H and O–H groups in total. The third kappa shape index (κ3) is 5.22. The largest absolute Gasteiger partial charge is 0.381 e. The molecule has 0 amide bonds. The molecule has 3 unspecified atom stereocenters. The highest BCUT2D eigenvalue weighted by atomic mass is 16.5. The van der Waals surface area contributed by atoms with Gasteiger partial charge < -0.3 is 14.2 Å². The average Bonchev–Trinajstić information content (AvgIpc) is 2.39. The van der Waals surface area contributed by atoms with Crippen LogP contribution in [0, 0.1) is 11.8 Å². The summed E-state index contributed by atoms with van der Waals surface area (Å²) in [6.45, 7) is 7.51. The van der Waals surface area contributed by atoms with Crippen molar-refractivity contribution in [3.8, 4) is 0 Å². The van der Waals surface area contributed by atoms with E-state index in [4.69, 9.17) is 14.2 Å². The lowest BCUT2D eigenvalue weighted by atomic mass is 9.73. The molecule has 0 heterocycles. The second-order valence-corrected chi connectivity index (χ2v) is 7.24. The SMILES string of the molecule is COC1CCC1C(C)CCO[C@H]1CC[C@H](OC(C)C)CC1. The van der Waals surface area contributed by atoms with E-state index < -0.39 is 0 Å². The first kappa shape index (κ1) is 17.2. The van der Waals surface area contributed by atoms with Crippen LogP contribution in [0.25, 0.3) is 0 Å². The molecule has 0 aromatic carbocycles.